The molecule has 0 fully saturated rings. The summed E-state index contributed by atoms with van der Waals surface area (Å²) in [4.78, 5) is 2.42. The Morgan fingerprint density at radius 1 is 0.274 bits per heavy atom. The van der Waals surface area contributed by atoms with Crippen molar-refractivity contribution in [1.29, 1.82) is 0 Å². The van der Waals surface area contributed by atoms with Crippen LogP contribution in [0, 0.1) is 0 Å². The highest BCUT2D eigenvalue weighted by Crippen LogP contribution is 2.45. The van der Waals surface area contributed by atoms with Crippen molar-refractivity contribution in [3.8, 4) is 44.5 Å². The molecule has 0 aliphatic heterocycles. The van der Waals surface area contributed by atoms with Crippen LogP contribution in [0.5, 0.6) is 0 Å². The second kappa shape index (κ2) is 14.8. The summed E-state index contributed by atoms with van der Waals surface area (Å²) in [6.45, 7) is 0. The summed E-state index contributed by atoms with van der Waals surface area (Å²) in [5, 5.41) is 9.74. The number of nitrogens with zero attached hydrogens (tertiary/aromatic N) is 1. The molecule has 0 unspecified atom stereocenters. The van der Waals surface area contributed by atoms with Gasteiger partial charge in [-0.2, -0.15) is 0 Å². The molecule has 12 aromatic rings. The molecule has 0 N–H and O–H groups in total. The van der Waals surface area contributed by atoms with Crippen LogP contribution in [0.25, 0.3) is 98.8 Å². The van der Waals surface area contributed by atoms with Crippen LogP contribution in [-0.4, -0.2) is 0 Å². The van der Waals surface area contributed by atoms with E-state index in [1.165, 1.54) is 49.0 Å². The Hall–Kier alpha value is -8.20. The number of fused-ring (bicyclic) bond motifs is 7. The fraction of sp³-hybridized carbons (Fsp3) is 0. The van der Waals surface area contributed by atoms with E-state index in [1.807, 2.05) is 6.07 Å². The van der Waals surface area contributed by atoms with Crippen LogP contribution >= 0.6 is 0 Å². The molecule has 2 nitrogen and oxygen atoms in total. The molecule has 2 heteroatoms. The quantitative estimate of drug-likeness (QED) is 0.150. The topological polar surface area (TPSA) is 16.4 Å². The lowest BCUT2D eigenvalue weighted by Gasteiger charge is -2.29. The van der Waals surface area contributed by atoms with E-state index in [0.717, 1.165) is 66.8 Å². The summed E-state index contributed by atoms with van der Waals surface area (Å²) in [7, 11) is 0. The molecule has 11 aromatic carbocycles. The predicted octanol–water partition coefficient (Wildman–Crippen LogP) is 17.2. The van der Waals surface area contributed by atoms with Gasteiger partial charge in [-0.1, -0.05) is 188 Å². The Morgan fingerprint density at radius 2 is 0.871 bits per heavy atom. The van der Waals surface area contributed by atoms with Crippen LogP contribution in [0.15, 0.2) is 241 Å². The molecule has 0 saturated heterocycles. The van der Waals surface area contributed by atoms with E-state index in [9.17, 15) is 0 Å². The number of para-hydroxylation sites is 2. The molecule has 0 aliphatic carbocycles. The van der Waals surface area contributed by atoms with E-state index >= 15 is 0 Å². The number of furan rings is 1. The first kappa shape index (κ1) is 35.7. The molecule has 0 amide bonds. The van der Waals surface area contributed by atoms with Crippen LogP contribution < -0.4 is 4.90 Å². The summed E-state index contributed by atoms with van der Waals surface area (Å²) in [5.74, 6) is 0. The average Bonchev–Trinajstić information content (AvgIpc) is 3.73. The van der Waals surface area contributed by atoms with Gasteiger partial charge in [0.25, 0.3) is 0 Å². The Morgan fingerprint density at radius 3 is 1.76 bits per heavy atom. The maximum absolute atomic E-state index is 6.57. The Kier molecular flexibility index (Phi) is 8.53. The van der Waals surface area contributed by atoms with Gasteiger partial charge in [-0.25, -0.2) is 0 Å². The van der Waals surface area contributed by atoms with E-state index in [1.54, 1.807) is 0 Å². The summed E-state index contributed by atoms with van der Waals surface area (Å²) in [5.41, 5.74) is 14.1. The molecular formula is C60H39NO. The summed E-state index contributed by atoms with van der Waals surface area (Å²) >= 11 is 0. The monoisotopic (exact) mass is 789 g/mol. The highest BCUT2D eigenvalue weighted by molar-refractivity contribution is 6.10. The zero-order chi connectivity index (χ0) is 41.0. The zero-order valence-corrected chi connectivity index (χ0v) is 33.9. The third-order valence-corrected chi connectivity index (χ3v) is 12.4. The van der Waals surface area contributed by atoms with Crippen LogP contribution in [0.3, 0.4) is 0 Å². The Bertz CT molecular complexity index is 3640. The van der Waals surface area contributed by atoms with Crippen molar-refractivity contribution in [2.75, 3.05) is 4.90 Å². The minimum atomic E-state index is 0.894. The van der Waals surface area contributed by atoms with Gasteiger partial charge in [0.2, 0.25) is 0 Å². The third kappa shape index (κ3) is 6.20. The van der Waals surface area contributed by atoms with Gasteiger partial charge in [-0.3, -0.25) is 0 Å². The van der Waals surface area contributed by atoms with Crippen LogP contribution in [0.1, 0.15) is 0 Å². The van der Waals surface area contributed by atoms with E-state index in [4.69, 9.17) is 4.42 Å². The summed E-state index contributed by atoms with van der Waals surface area (Å²) < 4.78 is 6.57. The molecule has 0 radical (unpaired) electrons. The molecule has 0 atom stereocenters. The summed E-state index contributed by atoms with van der Waals surface area (Å²) in [6, 6.07) is 85.6. The SMILES string of the molecule is c1ccc(-c2ccc(-c3ccc4ccccc4c3)cc2N(c2ccc(-c3ccc4c(ccc5ccccc54)c3)cc2)c2cccc(-c3cccc4c3oc3ccccc34)c2)cc1. The lowest BCUT2D eigenvalue weighted by Crippen LogP contribution is -2.11. The highest BCUT2D eigenvalue weighted by atomic mass is 16.3. The van der Waals surface area contributed by atoms with Crippen LogP contribution in [-0.2, 0) is 0 Å². The number of hydrogen-bond acceptors (Lipinski definition) is 2. The Labute approximate surface area is 360 Å². The lowest BCUT2D eigenvalue weighted by atomic mass is 9.95. The van der Waals surface area contributed by atoms with Crippen molar-refractivity contribution in [2.24, 2.45) is 0 Å². The van der Waals surface area contributed by atoms with Gasteiger partial charge in [0.15, 0.2) is 0 Å². The average molecular weight is 790 g/mol. The van der Waals surface area contributed by atoms with Crippen molar-refractivity contribution in [2.45, 2.75) is 0 Å². The fourth-order valence-electron chi connectivity index (χ4n) is 9.34. The standard InChI is InChI=1S/C60H39NO/c1-2-13-42(14-3-1)54-35-31-47(46-26-24-40-12-4-5-16-44(40)36-46)39-58(54)61(51-18-10-17-48(38-51)55-21-11-22-57-56-20-8-9-23-59(56)62-60(55)57)50-32-28-41(29-33-50)45-30-34-53-49(37-45)27-25-43-15-6-7-19-52(43)53/h1-39H. The van der Waals surface area contributed by atoms with Gasteiger partial charge >= 0.3 is 0 Å². The molecule has 0 bridgehead atoms. The molecule has 0 saturated carbocycles. The normalized spacial score (nSPS) is 11.5. The first-order valence-corrected chi connectivity index (χ1v) is 21.2. The van der Waals surface area contributed by atoms with Gasteiger partial charge in [-0.05, 0) is 114 Å². The highest BCUT2D eigenvalue weighted by Gasteiger charge is 2.21. The van der Waals surface area contributed by atoms with E-state index in [0.29, 0.717) is 0 Å². The molecule has 290 valence electrons. The van der Waals surface area contributed by atoms with Gasteiger partial charge in [0, 0.05) is 33.3 Å². The van der Waals surface area contributed by atoms with Crippen molar-refractivity contribution in [3.63, 3.8) is 0 Å². The number of benzene rings is 11. The minimum Gasteiger partial charge on any atom is -0.455 e. The molecule has 0 aliphatic rings. The molecule has 12 rings (SSSR count). The van der Waals surface area contributed by atoms with Crippen LogP contribution in [0.4, 0.5) is 17.1 Å². The molecule has 1 aromatic heterocycles. The predicted molar refractivity (Wildman–Crippen MR) is 263 cm³/mol. The van der Waals surface area contributed by atoms with Gasteiger partial charge in [0.1, 0.15) is 11.2 Å². The maximum Gasteiger partial charge on any atom is 0.143 e. The van der Waals surface area contributed by atoms with E-state index in [-0.39, 0.29) is 0 Å². The second-order valence-corrected chi connectivity index (χ2v) is 16.1. The van der Waals surface area contributed by atoms with Crippen molar-refractivity contribution < 1.29 is 4.42 Å². The third-order valence-electron chi connectivity index (χ3n) is 12.4. The maximum atomic E-state index is 6.57. The van der Waals surface area contributed by atoms with Gasteiger partial charge < -0.3 is 9.32 Å². The molecule has 62 heavy (non-hydrogen) atoms. The van der Waals surface area contributed by atoms with E-state index < -0.39 is 0 Å². The zero-order valence-electron chi connectivity index (χ0n) is 33.9. The van der Waals surface area contributed by atoms with Crippen molar-refractivity contribution >= 4 is 71.3 Å². The fourth-order valence-corrected chi connectivity index (χ4v) is 9.34. The van der Waals surface area contributed by atoms with Crippen molar-refractivity contribution in [3.05, 3.63) is 237 Å². The molecule has 0 spiro atoms. The number of rotatable bonds is 7. The van der Waals surface area contributed by atoms with Crippen molar-refractivity contribution in [1.82, 2.24) is 0 Å². The number of hydrogen-bond donors (Lipinski definition) is 0. The first-order valence-electron chi connectivity index (χ1n) is 21.2. The van der Waals surface area contributed by atoms with E-state index in [2.05, 4.69) is 235 Å². The lowest BCUT2D eigenvalue weighted by molar-refractivity contribution is 0.670. The van der Waals surface area contributed by atoms with Gasteiger partial charge in [0.05, 0.1) is 5.69 Å². The van der Waals surface area contributed by atoms with Gasteiger partial charge in [-0.15, -0.1) is 0 Å². The molecule has 1 heterocycles. The number of anilines is 3. The smallest absolute Gasteiger partial charge is 0.143 e. The summed E-state index contributed by atoms with van der Waals surface area (Å²) in [6.07, 6.45) is 0. The largest absolute Gasteiger partial charge is 0.455 e. The Balaban J connectivity index is 1.04. The first-order chi connectivity index (χ1) is 30.7. The minimum absolute atomic E-state index is 0.894. The van der Waals surface area contributed by atoms with Crippen LogP contribution in [0.2, 0.25) is 0 Å². The molecular weight excluding hydrogens is 751 g/mol. The second-order valence-electron chi connectivity index (χ2n) is 16.1.